The number of carbonyl (C=O) groups is 1. The molecule has 0 spiro atoms. The molecule has 1 amide bonds. The van der Waals surface area contributed by atoms with Gasteiger partial charge in [-0.15, -0.1) is 10.2 Å². The Morgan fingerprint density at radius 1 is 1.50 bits per heavy atom. The molecule has 7 heteroatoms. The second-order valence-electron chi connectivity index (χ2n) is 4.55. The van der Waals surface area contributed by atoms with E-state index in [0.717, 1.165) is 10.9 Å². The van der Waals surface area contributed by atoms with Gasteiger partial charge in [0, 0.05) is 29.8 Å². The molecule has 0 fully saturated rings. The molecule has 0 aliphatic rings. The van der Waals surface area contributed by atoms with E-state index in [1.54, 1.807) is 29.2 Å². The molecule has 1 aromatic carbocycles. The Morgan fingerprint density at radius 3 is 3.10 bits per heavy atom. The number of fused-ring (bicyclic) bond motifs is 1. The molecule has 0 saturated heterocycles. The van der Waals surface area contributed by atoms with Gasteiger partial charge >= 0.3 is 0 Å². The van der Waals surface area contributed by atoms with Gasteiger partial charge in [0.2, 0.25) is 0 Å². The molecule has 3 rings (SSSR count). The molecule has 3 aromatic rings. The Morgan fingerprint density at radius 2 is 2.35 bits per heavy atom. The van der Waals surface area contributed by atoms with Crippen LogP contribution in [-0.2, 0) is 13.6 Å². The first-order valence-electron chi connectivity index (χ1n) is 6.13. The SMILES string of the molecule is Cn1cnnc1CNC(=O)c1c[nH]c2ccc(N)cc12. The van der Waals surface area contributed by atoms with E-state index in [9.17, 15) is 4.79 Å². The van der Waals surface area contributed by atoms with E-state index in [2.05, 4.69) is 20.5 Å². The number of amides is 1. The maximum absolute atomic E-state index is 12.2. The van der Waals surface area contributed by atoms with Crippen LogP contribution in [-0.4, -0.2) is 25.7 Å². The molecule has 0 aliphatic carbocycles. The molecule has 0 radical (unpaired) electrons. The average Bonchev–Trinajstić information content (AvgIpc) is 3.02. The minimum atomic E-state index is -0.176. The normalized spacial score (nSPS) is 10.8. The maximum Gasteiger partial charge on any atom is 0.253 e. The van der Waals surface area contributed by atoms with Gasteiger partial charge in [-0.25, -0.2) is 0 Å². The number of hydrogen-bond acceptors (Lipinski definition) is 4. The fraction of sp³-hybridized carbons (Fsp3) is 0.154. The Labute approximate surface area is 114 Å². The Balaban J connectivity index is 1.82. The molecule has 0 unspecified atom stereocenters. The standard InChI is InChI=1S/C13H14N6O/c1-19-7-17-18-12(19)6-16-13(20)10-5-15-11-3-2-8(14)4-9(10)11/h2-5,7,15H,6,14H2,1H3,(H,16,20). The van der Waals surface area contributed by atoms with Crippen molar-refractivity contribution in [2.75, 3.05) is 5.73 Å². The van der Waals surface area contributed by atoms with Crippen LogP contribution in [0.5, 0.6) is 0 Å². The van der Waals surface area contributed by atoms with E-state index in [4.69, 9.17) is 5.73 Å². The summed E-state index contributed by atoms with van der Waals surface area (Å²) in [5, 5.41) is 11.3. The van der Waals surface area contributed by atoms with Crippen LogP contribution in [0, 0.1) is 0 Å². The van der Waals surface area contributed by atoms with Crippen LogP contribution >= 0.6 is 0 Å². The predicted molar refractivity (Wildman–Crippen MR) is 74.9 cm³/mol. The highest BCUT2D eigenvalue weighted by atomic mass is 16.1. The number of aryl methyl sites for hydroxylation is 1. The lowest BCUT2D eigenvalue weighted by atomic mass is 10.1. The van der Waals surface area contributed by atoms with Gasteiger partial charge in [0.1, 0.15) is 6.33 Å². The summed E-state index contributed by atoms with van der Waals surface area (Å²) in [4.78, 5) is 15.3. The second kappa shape index (κ2) is 4.69. The van der Waals surface area contributed by atoms with E-state index in [-0.39, 0.29) is 5.91 Å². The molecule has 20 heavy (non-hydrogen) atoms. The van der Waals surface area contributed by atoms with Gasteiger partial charge in [0.25, 0.3) is 5.91 Å². The minimum Gasteiger partial charge on any atom is -0.399 e. The summed E-state index contributed by atoms with van der Waals surface area (Å²) in [7, 11) is 1.83. The molecular weight excluding hydrogens is 256 g/mol. The van der Waals surface area contributed by atoms with Gasteiger partial charge in [0.15, 0.2) is 5.82 Å². The summed E-state index contributed by atoms with van der Waals surface area (Å²) in [6.45, 7) is 0.324. The second-order valence-corrected chi connectivity index (χ2v) is 4.55. The molecular formula is C13H14N6O. The van der Waals surface area contributed by atoms with E-state index >= 15 is 0 Å². The summed E-state index contributed by atoms with van der Waals surface area (Å²) >= 11 is 0. The van der Waals surface area contributed by atoms with Crippen molar-refractivity contribution in [1.29, 1.82) is 0 Å². The van der Waals surface area contributed by atoms with Gasteiger partial charge in [-0.1, -0.05) is 0 Å². The van der Waals surface area contributed by atoms with Gasteiger partial charge in [-0.3, -0.25) is 4.79 Å². The number of benzene rings is 1. The van der Waals surface area contributed by atoms with Crippen LogP contribution in [0.4, 0.5) is 5.69 Å². The molecule has 7 nitrogen and oxygen atoms in total. The van der Waals surface area contributed by atoms with E-state index < -0.39 is 0 Å². The fourth-order valence-electron chi connectivity index (χ4n) is 2.05. The number of hydrogen-bond donors (Lipinski definition) is 3. The average molecular weight is 270 g/mol. The maximum atomic E-state index is 12.2. The lowest BCUT2D eigenvalue weighted by Crippen LogP contribution is -2.24. The van der Waals surface area contributed by atoms with Crippen molar-refractivity contribution in [1.82, 2.24) is 25.1 Å². The van der Waals surface area contributed by atoms with Crippen molar-refractivity contribution in [3.05, 3.63) is 42.1 Å². The van der Waals surface area contributed by atoms with Crippen LogP contribution < -0.4 is 11.1 Å². The van der Waals surface area contributed by atoms with Crippen molar-refractivity contribution in [2.45, 2.75) is 6.54 Å². The van der Waals surface area contributed by atoms with Crippen LogP contribution in [0.3, 0.4) is 0 Å². The van der Waals surface area contributed by atoms with Crippen LogP contribution in [0.1, 0.15) is 16.2 Å². The minimum absolute atomic E-state index is 0.176. The lowest BCUT2D eigenvalue weighted by Gasteiger charge is -2.04. The number of H-pyrrole nitrogens is 1. The first-order chi connectivity index (χ1) is 9.65. The van der Waals surface area contributed by atoms with Crippen molar-refractivity contribution < 1.29 is 4.79 Å². The van der Waals surface area contributed by atoms with Crippen molar-refractivity contribution in [2.24, 2.45) is 7.05 Å². The summed E-state index contributed by atoms with van der Waals surface area (Å²) in [5.74, 6) is 0.516. The number of nitrogens with one attached hydrogen (secondary N) is 2. The zero-order chi connectivity index (χ0) is 14.1. The zero-order valence-electron chi connectivity index (χ0n) is 10.9. The number of aromatic amines is 1. The smallest absolute Gasteiger partial charge is 0.253 e. The first-order valence-corrected chi connectivity index (χ1v) is 6.13. The number of rotatable bonds is 3. The highest BCUT2D eigenvalue weighted by molar-refractivity contribution is 6.07. The lowest BCUT2D eigenvalue weighted by molar-refractivity contribution is 0.0951. The molecule has 2 heterocycles. The molecule has 0 bridgehead atoms. The Hall–Kier alpha value is -2.83. The van der Waals surface area contributed by atoms with Crippen LogP contribution in [0.25, 0.3) is 10.9 Å². The summed E-state index contributed by atoms with van der Waals surface area (Å²) < 4.78 is 1.76. The third-order valence-corrected chi connectivity index (χ3v) is 3.16. The highest BCUT2D eigenvalue weighted by Crippen LogP contribution is 2.20. The molecule has 4 N–H and O–H groups in total. The van der Waals surface area contributed by atoms with Gasteiger partial charge in [0.05, 0.1) is 12.1 Å². The predicted octanol–water partition coefficient (Wildman–Crippen LogP) is 0.809. The van der Waals surface area contributed by atoms with E-state index in [1.165, 1.54) is 0 Å². The topological polar surface area (TPSA) is 102 Å². The number of nitrogens with zero attached hydrogens (tertiary/aromatic N) is 3. The van der Waals surface area contributed by atoms with Gasteiger partial charge < -0.3 is 20.6 Å². The summed E-state index contributed by atoms with van der Waals surface area (Å²) in [5.41, 5.74) is 7.82. The van der Waals surface area contributed by atoms with E-state index in [1.807, 2.05) is 13.1 Å². The van der Waals surface area contributed by atoms with E-state index in [0.29, 0.717) is 23.6 Å². The first kappa shape index (κ1) is 12.2. The van der Waals surface area contributed by atoms with Crippen molar-refractivity contribution in [3.8, 4) is 0 Å². The molecule has 0 atom stereocenters. The van der Waals surface area contributed by atoms with Gasteiger partial charge in [-0.2, -0.15) is 0 Å². The number of carbonyl (C=O) groups excluding carboxylic acids is 1. The number of nitrogen functional groups attached to an aromatic ring is 1. The quantitative estimate of drug-likeness (QED) is 0.613. The summed E-state index contributed by atoms with van der Waals surface area (Å²) in [6.07, 6.45) is 3.27. The van der Waals surface area contributed by atoms with Crippen molar-refractivity contribution >= 4 is 22.5 Å². The number of nitrogens with two attached hydrogens (primary N) is 1. The molecule has 102 valence electrons. The summed E-state index contributed by atoms with van der Waals surface area (Å²) in [6, 6.07) is 5.42. The Bertz CT molecular complexity index is 772. The van der Waals surface area contributed by atoms with Crippen LogP contribution in [0.15, 0.2) is 30.7 Å². The third-order valence-electron chi connectivity index (χ3n) is 3.16. The molecule has 2 aromatic heterocycles. The third kappa shape index (κ3) is 2.09. The zero-order valence-corrected chi connectivity index (χ0v) is 10.9. The highest BCUT2D eigenvalue weighted by Gasteiger charge is 2.12. The Kier molecular flexibility index (Phi) is 2.86. The monoisotopic (exact) mass is 270 g/mol. The number of aromatic nitrogens is 4. The van der Waals surface area contributed by atoms with Crippen LogP contribution in [0.2, 0.25) is 0 Å². The molecule has 0 saturated carbocycles. The number of anilines is 1. The largest absolute Gasteiger partial charge is 0.399 e. The fourth-order valence-corrected chi connectivity index (χ4v) is 2.05. The molecule has 0 aliphatic heterocycles. The van der Waals surface area contributed by atoms with Gasteiger partial charge in [-0.05, 0) is 18.2 Å². The van der Waals surface area contributed by atoms with Crippen molar-refractivity contribution in [3.63, 3.8) is 0 Å².